The number of esters is 2. The number of carbonyl (C=O) groups excluding carboxylic acids is 2. The molecule has 0 saturated heterocycles. The van der Waals surface area contributed by atoms with Crippen molar-refractivity contribution in [3.05, 3.63) is 0 Å². The highest BCUT2D eigenvalue weighted by molar-refractivity contribution is 5.74. The van der Waals surface area contributed by atoms with Gasteiger partial charge in [-0.25, -0.2) is 9.59 Å². The van der Waals surface area contributed by atoms with Crippen LogP contribution in [0.25, 0.3) is 0 Å². The molecule has 2 N–H and O–H groups in total. The monoisotopic (exact) mass is 250 g/mol. The van der Waals surface area contributed by atoms with Gasteiger partial charge in [0, 0.05) is 0 Å². The molecule has 0 rings (SSSR count). The van der Waals surface area contributed by atoms with Crippen LogP contribution in [-0.4, -0.2) is 60.8 Å². The van der Waals surface area contributed by atoms with Crippen molar-refractivity contribution in [2.45, 2.75) is 26.1 Å². The highest BCUT2D eigenvalue weighted by atomic mass is 16.6. The fraction of sp³-hybridized carbons (Fsp3) is 0.800. The third-order valence-electron chi connectivity index (χ3n) is 1.63. The van der Waals surface area contributed by atoms with Crippen molar-refractivity contribution in [2.24, 2.45) is 0 Å². The van der Waals surface area contributed by atoms with E-state index in [1.54, 1.807) is 0 Å². The van der Waals surface area contributed by atoms with E-state index in [-0.39, 0.29) is 26.4 Å². The first-order valence-electron chi connectivity index (χ1n) is 5.22. The van der Waals surface area contributed by atoms with Crippen molar-refractivity contribution in [2.75, 3.05) is 26.4 Å². The minimum atomic E-state index is -1.15. The summed E-state index contributed by atoms with van der Waals surface area (Å²) < 4.78 is 14.2. The quantitative estimate of drug-likeness (QED) is 0.414. The van der Waals surface area contributed by atoms with Gasteiger partial charge >= 0.3 is 11.9 Å². The first kappa shape index (κ1) is 15.8. The van der Waals surface area contributed by atoms with Gasteiger partial charge in [-0.05, 0) is 13.8 Å². The Labute approximate surface area is 99.3 Å². The Kier molecular flexibility index (Phi) is 8.29. The molecule has 0 saturated carbocycles. The van der Waals surface area contributed by atoms with Crippen LogP contribution >= 0.6 is 0 Å². The lowest BCUT2D eigenvalue weighted by atomic mass is 10.4. The van der Waals surface area contributed by atoms with Crippen LogP contribution in [0.2, 0.25) is 0 Å². The van der Waals surface area contributed by atoms with Crippen LogP contribution in [0.3, 0.4) is 0 Å². The van der Waals surface area contributed by atoms with E-state index in [0.29, 0.717) is 0 Å². The zero-order valence-corrected chi connectivity index (χ0v) is 9.92. The molecular formula is C10H18O7. The molecule has 17 heavy (non-hydrogen) atoms. The molecular weight excluding hydrogens is 232 g/mol. The van der Waals surface area contributed by atoms with Crippen LogP contribution < -0.4 is 0 Å². The summed E-state index contributed by atoms with van der Waals surface area (Å²) in [6.45, 7) is 2.94. The summed E-state index contributed by atoms with van der Waals surface area (Å²) in [6, 6.07) is 0. The lowest BCUT2D eigenvalue weighted by molar-refractivity contribution is -0.155. The summed E-state index contributed by atoms with van der Waals surface area (Å²) >= 11 is 0. The number of aliphatic hydroxyl groups is 2. The second kappa shape index (κ2) is 8.91. The zero-order valence-electron chi connectivity index (χ0n) is 9.92. The van der Waals surface area contributed by atoms with Crippen LogP contribution in [0.15, 0.2) is 0 Å². The molecule has 0 unspecified atom stereocenters. The van der Waals surface area contributed by atoms with Gasteiger partial charge in [-0.15, -0.1) is 0 Å². The molecule has 0 radical (unpaired) electrons. The molecule has 0 spiro atoms. The summed E-state index contributed by atoms with van der Waals surface area (Å²) in [5.74, 6) is -1.43. The molecule has 0 aromatic carbocycles. The largest absolute Gasteiger partial charge is 0.461 e. The van der Waals surface area contributed by atoms with Gasteiger partial charge in [0.05, 0.1) is 13.2 Å². The Morgan fingerprint density at radius 1 is 0.882 bits per heavy atom. The molecule has 0 amide bonds. The number of aliphatic hydroxyl groups excluding tert-OH is 2. The van der Waals surface area contributed by atoms with Crippen molar-refractivity contribution < 1.29 is 34.0 Å². The molecule has 0 fully saturated rings. The topological polar surface area (TPSA) is 102 Å². The summed E-state index contributed by atoms with van der Waals surface area (Å²) in [5, 5.41) is 17.6. The smallest absolute Gasteiger partial charge is 0.334 e. The normalized spacial score (nSPS) is 13.9. The molecule has 0 aliphatic rings. The fourth-order valence-corrected chi connectivity index (χ4v) is 0.746. The van der Waals surface area contributed by atoms with E-state index in [1.807, 2.05) is 0 Å². The SMILES string of the molecule is C[C@H](O)C(=O)OCCOCCOC(=O)[C@H](C)O. The van der Waals surface area contributed by atoms with Crippen LogP contribution in [0.4, 0.5) is 0 Å². The van der Waals surface area contributed by atoms with Crippen molar-refractivity contribution in [1.82, 2.24) is 0 Å². The molecule has 7 heteroatoms. The van der Waals surface area contributed by atoms with Crippen LogP contribution in [0.5, 0.6) is 0 Å². The minimum Gasteiger partial charge on any atom is -0.461 e. The Bertz CT molecular complexity index is 213. The molecule has 0 aliphatic carbocycles. The molecule has 2 atom stereocenters. The van der Waals surface area contributed by atoms with E-state index in [4.69, 9.17) is 14.9 Å². The number of carbonyl (C=O) groups is 2. The fourth-order valence-electron chi connectivity index (χ4n) is 0.746. The van der Waals surface area contributed by atoms with Crippen LogP contribution in [0.1, 0.15) is 13.8 Å². The van der Waals surface area contributed by atoms with Crippen molar-refractivity contribution in [3.63, 3.8) is 0 Å². The first-order valence-corrected chi connectivity index (χ1v) is 5.22. The third kappa shape index (κ3) is 8.61. The lowest BCUT2D eigenvalue weighted by Gasteiger charge is -2.08. The molecule has 0 bridgehead atoms. The Balaban J connectivity index is 3.30. The predicted molar refractivity (Wildman–Crippen MR) is 56.1 cm³/mol. The molecule has 0 aromatic rings. The van der Waals surface area contributed by atoms with Crippen LogP contribution in [-0.2, 0) is 23.8 Å². The number of rotatable bonds is 8. The van der Waals surface area contributed by atoms with Gasteiger partial charge in [-0.3, -0.25) is 0 Å². The minimum absolute atomic E-state index is 0.0219. The maximum absolute atomic E-state index is 10.8. The molecule has 7 nitrogen and oxygen atoms in total. The van der Waals surface area contributed by atoms with Crippen molar-refractivity contribution >= 4 is 11.9 Å². The van der Waals surface area contributed by atoms with Gasteiger partial charge < -0.3 is 24.4 Å². The van der Waals surface area contributed by atoms with E-state index in [0.717, 1.165) is 0 Å². The van der Waals surface area contributed by atoms with Crippen LogP contribution in [0, 0.1) is 0 Å². The van der Waals surface area contributed by atoms with Gasteiger partial charge in [0.2, 0.25) is 0 Å². The highest BCUT2D eigenvalue weighted by Crippen LogP contribution is 1.89. The van der Waals surface area contributed by atoms with E-state index < -0.39 is 24.1 Å². The lowest BCUT2D eigenvalue weighted by Crippen LogP contribution is -2.23. The van der Waals surface area contributed by atoms with E-state index in [2.05, 4.69) is 9.47 Å². The summed E-state index contributed by atoms with van der Waals surface area (Å²) in [6.07, 6.45) is -2.30. The summed E-state index contributed by atoms with van der Waals surface area (Å²) in [7, 11) is 0. The molecule has 100 valence electrons. The standard InChI is InChI=1S/C10H18O7/c1-7(11)9(13)16-5-3-15-4-6-17-10(14)8(2)12/h7-8,11-12H,3-6H2,1-2H3/t7-,8-/m0/s1. The van der Waals surface area contributed by atoms with E-state index in [1.165, 1.54) is 13.8 Å². The predicted octanol–water partition coefficient (Wildman–Crippen LogP) is -1.15. The second-order valence-corrected chi connectivity index (χ2v) is 3.30. The van der Waals surface area contributed by atoms with Crippen molar-refractivity contribution in [3.8, 4) is 0 Å². The highest BCUT2D eigenvalue weighted by Gasteiger charge is 2.10. The van der Waals surface area contributed by atoms with Crippen molar-refractivity contribution in [1.29, 1.82) is 0 Å². The average molecular weight is 250 g/mol. The average Bonchev–Trinajstić information content (AvgIpc) is 2.26. The Hall–Kier alpha value is -1.18. The van der Waals surface area contributed by atoms with Gasteiger partial charge in [-0.1, -0.05) is 0 Å². The Morgan fingerprint density at radius 3 is 1.53 bits per heavy atom. The Morgan fingerprint density at radius 2 is 1.24 bits per heavy atom. The van der Waals surface area contributed by atoms with E-state index >= 15 is 0 Å². The number of ether oxygens (including phenoxy) is 3. The number of hydrogen-bond donors (Lipinski definition) is 2. The van der Waals surface area contributed by atoms with Gasteiger partial charge in [0.25, 0.3) is 0 Å². The second-order valence-electron chi connectivity index (χ2n) is 3.30. The van der Waals surface area contributed by atoms with Gasteiger partial charge in [-0.2, -0.15) is 0 Å². The summed E-state index contributed by atoms with van der Waals surface area (Å²) in [4.78, 5) is 21.5. The third-order valence-corrected chi connectivity index (χ3v) is 1.63. The first-order chi connectivity index (χ1) is 7.95. The van der Waals surface area contributed by atoms with E-state index in [9.17, 15) is 9.59 Å². The number of hydrogen-bond acceptors (Lipinski definition) is 7. The maximum Gasteiger partial charge on any atom is 0.334 e. The molecule has 0 aliphatic heterocycles. The molecule has 0 heterocycles. The zero-order chi connectivity index (χ0) is 13.3. The molecule has 0 aromatic heterocycles. The van der Waals surface area contributed by atoms with Gasteiger partial charge in [0.1, 0.15) is 25.4 Å². The summed E-state index contributed by atoms with van der Waals surface area (Å²) in [5.41, 5.74) is 0. The van der Waals surface area contributed by atoms with Gasteiger partial charge in [0.15, 0.2) is 0 Å². The maximum atomic E-state index is 10.8.